The van der Waals surface area contributed by atoms with E-state index >= 15 is 0 Å². The van der Waals surface area contributed by atoms with Gasteiger partial charge in [0.1, 0.15) is 12.2 Å². The molecule has 7 heteroatoms. The van der Waals surface area contributed by atoms with Crippen LogP contribution < -0.4 is 0 Å². The Morgan fingerprint density at radius 3 is 2.33 bits per heavy atom. The lowest BCUT2D eigenvalue weighted by Crippen LogP contribution is -2.68. The molecule has 218 valence electrons. The second kappa shape index (κ2) is 8.98. The number of rotatable bonds is 2. The van der Waals surface area contributed by atoms with Crippen LogP contribution in [0.15, 0.2) is 23.8 Å². The molecule has 2 saturated carbocycles. The standard InChI is InChI=1S/C32H48O7/c1-17(33)39-25-14-23-28(2,3)24(36)11-12-30(23,6)26-21(35)15-31(7)19(9-10-22(31)32(25,26)8)18-13-20(34)27(37)29(4,5)38-16-18/h10-12,18-21,23,25-27,34-35,37H,9,13-16H2,1-8H3/t18-,19-,20-,21-,23+,25-,26-,27-,30-,31-,32+/m0/s1. The zero-order valence-corrected chi connectivity index (χ0v) is 24.9. The molecule has 7 nitrogen and oxygen atoms in total. The third-order valence-corrected chi connectivity index (χ3v) is 12.1. The summed E-state index contributed by atoms with van der Waals surface area (Å²) >= 11 is 0. The molecule has 0 aromatic rings. The van der Waals surface area contributed by atoms with Crippen LogP contribution in [0.5, 0.6) is 0 Å². The maximum absolute atomic E-state index is 13.0. The van der Waals surface area contributed by atoms with Gasteiger partial charge in [0.05, 0.1) is 24.4 Å². The van der Waals surface area contributed by atoms with Gasteiger partial charge in [-0.2, -0.15) is 0 Å². The van der Waals surface area contributed by atoms with Gasteiger partial charge in [-0.15, -0.1) is 0 Å². The Bertz CT molecular complexity index is 1110. The normalized spacial score (nSPS) is 50.2. The molecule has 1 heterocycles. The van der Waals surface area contributed by atoms with E-state index < -0.39 is 51.7 Å². The third kappa shape index (κ3) is 3.97. The Labute approximate surface area is 233 Å². The summed E-state index contributed by atoms with van der Waals surface area (Å²) in [5, 5.41) is 33.7. The first kappa shape index (κ1) is 29.0. The van der Waals surface area contributed by atoms with Gasteiger partial charge >= 0.3 is 5.97 Å². The number of allylic oxidation sites excluding steroid dienone is 3. The van der Waals surface area contributed by atoms with Gasteiger partial charge < -0.3 is 24.8 Å². The monoisotopic (exact) mass is 544 g/mol. The van der Waals surface area contributed by atoms with Gasteiger partial charge in [0.25, 0.3) is 0 Å². The van der Waals surface area contributed by atoms with E-state index in [9.17, 15) is 24.9 Å². The molecule has 0 amide bonds. The van der Waals surface area contributed by atoms with Crippen molar-refractivity contribution in [3.8, 4) is 0 Å². The van der Waals surface area contributed by atoms with E-state index in [4.69, 9.17) is 9.47 Å². The number of aliphatic hydroxyl groups excluding tert-OH is 3. The Morgan fingerprint density at radius 1 is 1.03 bits per heavy atom. The Morgan fingerprint density at radius 2 is 1.69 bits per heavy atom. The molecule has 4 aliphatic carbocycles. The molecule has 5 rings (SSSR count). The van der Waals surface area contributed by atoms with Crippen LogP contribution in [0.3, 0.4) is 0 Å². The fourth-order valence-corrected chi connectivity index (χ4v) is 10.2. The van der Waals surface area contributed by atoms with E-state index in [1.54, 1.807) is 6.08 Å². The second-order valence-corrected chi connectivity index (χ2v) is 15.0. The van der Waals surface area contributed by atoms with Crippen molar-refractivity contribution in [3.05, 3.63) is 23.8 Å². The van der Waals surface area contributed by atoms with Crippen LogP contribution in [-0.2, 0) is 19.1 Å². The molecule has 3 fully saturated rings. The first-order valence-corrected chi connectivity index (χ1v) is 14.7. The quantitative estimate of drug-likeness (QED) is 0.356. The molecule has 0 spiro atoms. The zero-order valence-electron chi connectivity index (χ0n) is 24.9. The van der Waals surface area contributed by atoms with Crippen LogP contribution in [0.2, 0.25) is 0 Å². The van der Waals surface area contributed by atoms with Crippen molar-refractivity contribution in [1.82, 2.24) is 0 Å². The largest absolute Gasteiger partial charge is 0.462 e. The zero-order chi connectivity index (χ0) is 28.9. The second-order valence-electron chi connectivity index (χ2n) is 15.0. The number of fused-ring (bicyclic) bond motifs is 5. The molecule has 0 radical (unpaired) electrons. The molecule has 1 saturated heterocycles. The number of hydrogen-bond donors (Lipinski definition) is 3. The van der Waals surface area contributed by atoms with Crippen LogP contribution in [0, 0.1) is 45.3 Å². The predicted octanol–water partition coefficient (Wildman–Crippen LogP) is 3.99. The van der Waals surface area contributed by atoms with Gasteiger partial charge in [0.15, 0.2) is 5.78 Å². The average Bonchev–Trinajstić information content (AvgIpc) is 3.12. The van der Waals surface area contributed by atoms with Crippen molar-refractivity contribution in [2.75, 3.05) is 6.61 Å². The predicted molar refractivity (Wildman–Crippen MR) is 146 cm³/mol. The average molecular weight is 545 g/mol. The maximum Gasteiger partial charge on any atom is 0.302 e. The van der Waals surface area contributed by atoms with Crippen LogP contribution in [-0.4, -0.2) is 63.7 Å². The first-order valence-electron chi connectivity index (χ1n) is 14.7. The van der Waals surface area contributed by atoms with Crippen LogP contribution >= 0.6 is 0 Å². The van der Waals surface area contributed by atoms with Gasteiger partial charge in [0, 0.05) is 23.7 Å². The van der Waals surface area contributed by atoms with Gasteiger partial charge in [-0.25, -0.2) is 0 Å². The van der Waals surface area contributed by atoms with Crippen molar-refractivity contribution in [2.24, 2.45) is 45.3 Å². The lowest BCUT2D eigenvalue weighted by atomic mass is 9.37. The molecule has 39 heavy (non-hydrogen) atoms. The van der Waals surface area contributed by atoms with E-state index in [2.05, 4.69) is 26.8 Å². The van der Waals surface area contributed by atoms with Crippen LogP contribution in [0.1, 0.15) is 81.1 Å². The smallest absolute Gasteiger partial charge is 0.302 e. The summed E-state index contributed by atoms with van der Waals surface area (Å²) in [6.07, 6.45) is 5.27. The number of hydrogen-bond acceptors (Lipinski definition) is 7. The molecular formula is C32H48O7. The highest BCUT2D eigenvalue weighted by molar-refractivity contribution is 5.95. The van der Waals surface area contributed by atoms with E-state index in [0.717, 1.165) is 6.42 Å². The van der Waals surface area contributed by atoms with Crippen molar-refractivity contribution in [2.45, 2.75) is 111 Å². The highest BCUT2D eigenvalue weighted by Gasteiger charge is 2.71. The minimum atomic E-state index is -0.976. The van der Waals surface area contributed by atoms with Crippen molar-refractivity contribution < 1.29 is 34.4 Å². The number of esters is 1. The first-order chi connectivity index (χ1) is 17.9. The van der Waals surface area contributed by atoms with Crippen LogP contribution in [0.25, 0.3) is 0 Å². The molecular weight excluding hydrogens is 496 g/mol. The highest BCUT2D eigenvalue weighted by Crippen LogP contribution is 2.72. The third-order valence-electron chi connectivity index (χ3n) is 12.1. The van der Waals surface area contributed by atoms with E-state index in [1.165, 1.54) is 12.5 Å². The lowest BCUT2D eigenvalue weighted by Gasteiger charge is -2.67. The van der Waals surface area contributed by atoms with E-state index in [1.807, 2.05) is 33.8 Å². The van der Waals surface area contributed by atoms with Gasteiger partial charge in [0.2, 0.25) is 0 Å². The molecule has 0 aromatic heterocycles. The van der Waals surface area contributed by atoms with Gasteiger partial charge in [-0.05, 0) is 74.2 Å². The number of ether oxygens (including phenoxy) is 2. The maximum atomic E-state index is 13.0. The molecule has 0 unspecified atom stereocenters. The number of ketones is 1. The van der Waals surface area contributed by atoms with Crippen molar-refractivity contribution >= 4 is 11.8 Å². The lowest BCUT2D eigenvalue weighted by molar-refractivity contribution is -0.210. The van der Waals surface area contributed by atoms with Gasteiger partial charge in [-0.1, -0.05) is 52.3 Å². The highest BCUT2D eigenvalue weighted by atomic mass is 16.5. The summed E-state index contributed by atoms with van der Waals surface area (Å²) < 4.78 is 12.3. The van der Waals surface area contributed by atoms with Gasteiger partial charge in [-0.3, -0.25) is 9.59 Å². The molecule has 0 aromatic carbocycles. The summed E-state index contributed by atoms with van der Waals surface area (Å²) in [6, 6.07) is 0. The molecule has 11 atom stereocenters. The minimum Gasteiger partial charge on any atom is -0.462 e. The number of carbonyl (C=O) groups is 2. The van der Waals surface area contributed by atoms with Crippen molar-refractivity contribution in [1.29, 1.82) is 0 Å². The minimum absolute atomic E-state index is 0.00671. The summed E-state index contributed by atoms with van der Waals surface area (Å²) in [5.41, 5.74) is -1.78. The summed E-state index contributed by atoms with van der Waals surface area (Å²) in [4.78, 5) is 25.5. The Balaban J connectivity index is 1.58. The SMILES string of the molecule is CC(=O)O[C@H]1C[C@@H]2C(C)(C)C(=O)C=C[C@]2(C)[C@@H]2[C@@H](O)C[C@]3(C)C(=CC[C@H]3[C@@H]3COC(C)(C)[C@@H](O)[C@@H](O)C3)[C@]12C. The molecule has 0 bridgehead atoms. The fraction of sp³-hybridized carbons (Fsp3) is 0.812. The summed E-state index contributed by atoms with van der Waals surface area (Å²) in [6.45, 7) is 16.0. The molecule has 3 N–H and O–H groups in total. The van der Waals surface area contributed by atoms with Crippen LogP contribution in [0.4, 0.5) is 0 Å². The molecule has 5 aliphatic rings. The Hall–Kier alpha value is -1.54. The topological polar surface area (TPSA) is 113 Å². The van der Waals surface area contributed by atoms with E-state index in [0.29, 0.717) is 25.9 Å². The fourth-order valence-electron chi connectivity index (χ4n) is 10.2. The number of carbonyl (C=O) groups excluding carboxylic acids is 2. The number of aliphatic hydroxyl groups is 3. The van der Waals surface area contributed by atoms with Crippen molar-refractivity contribution in [3.63, 3.8) is 0 Å². The summed E-state index contributed by atoms with van der Waals surface area (Å²) in [7, 11) is 0. The van der Waals surface area contributed by atoms with E-state index in [-0.39, 0.29) is 35.4 Å². The molecule has 1 aliphatic heterocycles. The summed E-state index contributed by atoms with van der Waals surface area (Å²) in [5.74, 6) is -0.524. The Kier molecular flexibility index (Phi) is 6.67.